The summed E-state index contributed by atoms with van der Waals surface area (Å²) in [5.41, 5.74) is 2.66. The van der Waals surface area contributed by atoms with Crippen LogP contribution < -0.4 is 0 Å². The van der Waals surface area contributed by atoms with Gasteiger partial charge in [-0.1, -0.05) is 29.8 Å². The summed E-state index contributed by atoms with van der Waals surface area (Å²) in [5.74, 6) is 1.68. The Kier molecular flexibility index (Phi) is 3.44. The number of halogens is 1. The predicted octanol–water partition coefficient (Wildman–Crippen LogP) is 3.33. The highest BCUT2D eigenvalue weighted by Gasteiger charge is 1.90. The second-order valence-electron chi connectivity index (χ2n) is 2.68. The Bertz CT molecular complexity index is 201. The predicted molar refractivity (Wildman–Crippen MR) is 49.7 cm³/mol. The summed E-state index contributed by atoms with van der Waals surface area (Å²) in [5, 5.41) is 0. The van der Waals surface area contributed by atoms with Gasteiger partial charge in [-0.15, -0.1) is 11.6 Å². The Morgan fingerprint density at radius 3 is 2.45 bits per heavy atom. The fourth-order valence-electron chi connectivity index (χ4n) is 0.976. The minimum absolute atomic E-state index is 0.949. The molecule has 0 saturated heterocycles. The van der Waals surface area contributed by atoms with Crippen LogP contribution in [0.25, 0.3) is 0 Å². The molecule has 0 aliphatic carbocycles. The van der Waals surface area contributed by atoms with Crippen LogP contribution in [-0.4, -0.2) is 0 Å². The van der Waals surface area contributed by atoms with Crippen LogP contribution >= 0.6 is 11.6 Å². The van der Waals surface area contributed by atoms with E-state index in [4.69, 9.17) is 11.6 Å². The lowest BCUT2D eigenvalue weighted by molar-refractivity contribution is 0.982. The average molecular weight is 168 g/mol. The maximum atomic E-state index is 5.46. The summed E-state index contributed by atoms with van der Waals surface area (Å²) in [6.07, 6.45) is 1.99. The monoisotopic (exact) mass is 167 g/mol. The fourth-order valence-corrected chi connectivity index (χ4v) is 1.09. The van der Waals surface area contributed by atoms with Gasteiger partial charge in [0.1, 0.15) is 0 Å². The van der Waals surface area contributed by atoms with Gasteiger partial charge in [0, 0.05) is 0 Å². The van der Waals surface area contributed by atoms with Gasteiger partial charge in [0.15, 0.2) is 0 Å². The molecule has 0 nitrogen and oxygen atoms in total. The largest absolute Gasteiger partial charge is 0.121 e. The van der Waals surface area contributed by atoms with Crippen LogP contribution in [0.15, 0.2) is 24.3 Å². The number of hydrogen-bond acceptors (Lipinski definition) is 0. The standard InChI is InChI=1S/C10H12Cl/c1-9-4-6-10(7-5-9)3-2-8-11/h4-8H,2-3H2,1H3. The molecule has 0 aliphatic rings. The van der Waals surface area contributed by atoms with E-state index in [1.165, 1.54) is 11.1 Å². The molecule has 1 aromatic carbocycles. The summed E-state index contributed by atoms with van der Waals surface area (Å²) < 4.78 is 0. The van der Waals surface area contributed by atoms with Crippen molar-refractivity contribution in [2.45, 2.75) is 19.8 Å². The minimum Gasteiger partial charge on any atom is -0.121 e. The van der Waals surface area contributed by atoms with Gasteiger partial charge in [0.2, 0.25) is 0 Å². The van der Waals surface area contributed by atoms with Crippen molar-refractivity contribution in [3.63, 3.8) is 0 Å². The van der Waals surface area contributed by atoms with E-state index in [0.29, 0.717) is 0 Å². The third-order valence-corrected chi connectivity index (χ3v) is 1.88. The number of aryl methyl sites for hydroxylation is 2. The van der Waals surface area contributed by atoms with Crippen molar-refractivity contribution in [3.8, 4) is 0 Å². The average Bonchev–Trinajstić information content (AvgIpc) is 2.04. The molecule has 0 aromatic heterocycles. The van der Waals surface area contributed by atoms with Crippen molar-refractivity contribution < 1.29 is 0 Å². The molecule has 1 rings (SSSR count). The highest BCUT2D eigenvalue weighted by atomic mass is 35.5. The molecule has 0 heterocycles. The van der Waals surface area contributed by atoms with Gasteiger partial charge in [-0.3, -0.25) is 0 Å². The summed E-state index contributed by atoms with van der Waals surface area (Å²) in [6, 6.07) is 8.55. The van der Waals surface area contributed by atoms with Gasteiger partial charge >= 0.3 is 0 Å². The molecular formula is C10H12Cl. The van der Waals surface area contributed by atoms with E-state index in [1.54, 1.807) is 5.88 Å². The Morgan fingerprint density at radius 1 is 1.27 bits per heavy atom. The van der Waals surface area contributed by atoms with Crippen molar-refractivity contribution in [3.05, 3.63) is 41.3 Å². The molecule has 11 heavy (non-hydrogen) atoms. The molecule has 0 atom stereocenters. The third kappa shape index (κ3) is 2.94. The molecule has 0 fully saturated rings. The normalized spacial score (nSPS) is 10.0. The van der Waals surface area contributed by atoms with Gasteiger partial charge < -0.3 is 0 Å². The van der Waals surface area contributed by atoms with E-state index in [2.05, 4.69) is 31.2 Å². The first-order valence-electron chi connectivity index (χ1n) is 3.80. The molecule has 0 bridgehead atoms. The summed E-state index contributed by atoms with van der Waals surface area (Å²) in [4.78, 5) is 0. The van der Waals surface area contributed by atoms with Crippen molar-refractivity contribution in [1.82, 2.24) is 0 Å². The summed E-state index contributed by atoms with van der Waals surface area (Å²) in [7, 11) is 0. The first kappa shape index (κ1) is 8.61. The van der Waals surface area contributed by atoms with E-state index in [-0.39, 0.29) is 0 Å². The molecule has 0 amide bonds. The van der Waals surface area contributed by atoms with Gasteiger partial charge in [-0.2, -0.15) is 0 Å². The van der Waals surface area contributed by atoms with Crippen molar-refractivity contribution >= 4 is 11.6 Å². The molecule has 0 spiro atoms. The topological polar surface area (TPSA) is 0 Å². The van der Waals surface area contributed by atoms with Crippen molar-refractivity contribution in [2.24, 2.45) is 0 Å². The van der Waals surface area contributed by atoms with Gasteiger partial charge in [-0.05, 0) is 25.3 Å². The van der Waals surface area contributed by atoms with Crippen LogP contribution in [-0.2, 0) is 6.42 Å². The summed E-state index contributed by atoms with van der Waals surface area (Å²) >= 11 is 5.46. The zero-order chi connectivity index (χ0) is 8.10. The first-order valence-corrected chi connectivity index (χ1v) is 4.24. The van der Waals surface area contributed by atoms with Gasteiger partial charge in [0.05, 0.1) is 5.88 Å². The molecule has 0 saturated carbocycles. The second kappa shape index (κ2) is 4.40. The molecule has 1 heteroatoms. The van der Waals surface area contributed by atoms with E-state index in [9.17, 15) is 0 Å². The van der Waals surface area contributed by atoms with Crippen molar-refractivity contribution in [1.29, 1.82) is 0 Å². The molecule has 1 aromatic rings. The van der Waals surface area contributed by atoms with Gasteiger partial charge in [-0.25, -0.2) is 0 Å². The van der Waals surface area contributed by atoms with Crippen LogP contribution in [0, 0.1) is 12.8 Å². The highest BCUT2D eigenvalue weighted by molar-refractivity contribution is 6.23. The Hall–Kier alpha value is -0.490. The van der Waals surface area contributed by atoms with E-state index in [0.717, 1.165) is 12.8 Å². The lowest BCUT2D eigenvalue weighted by atomic mass is 10.1. The summed E-state index contributed by atoms with van der Waals surface area (Å²) in [6.45, 7) is 2.09. The van der Waals surface area contributed by atoms with Crippen LogP contribution in [0.4, 0.5) is 0 Å². The maximum Gasteiger partial charge on any atom is 0.0503 e. The first-order chi connectivity index (χ1) is 5.33. The Balaban J connectivity index is 2.52. The Labute approximate surface area is 73.2 Å². The Morgan fingerprint density at radius 2 is 1.91 bits per heavy atom. The number of benzene rings is 1. The zero-order valence-electron chi connectivity index (χ0n) is 6.68. The molecular weight excluding hydrogens is 156 g/mol. The molecule has 0 aliphatic heterocycles. The fraction of sp³-hybridized carbons (Fsp3) is 0.300. The number of hydrogen-bond donors (Lipinski definition) is 0. The van der Waals surface area contributed by atoms with Crippen LogP contribution in [0.2, 0.25) is 0 Å². The van der Waals surface area contributed by atoms with Crippen LogP contribution in [0.1, 0.15) is 17.5 Å². The highest BCUT2D eigenvalue weighted by Crippen LogP contribution is 2.07. The van der Waals surface area contributed by atoms with Crippen molar-refractivity contribution in [2.75, 3.05) is 0 Å². The second-order valence-corrected chi connectivity index (χ2v) is 2.99. The van der Waals surface area contributed by atoms with Crippen LogP contribution in [0.3, 0.4) is 0 Å². The van der Waals surface area contributed by atoms with E-state index >= 15 is 0 Å². The minimum atomic E-state index is 0.949. The lowest BCUT2D eigenvalue weighted by Gasteiger charge is -1.98. The number of rotatable bonds is 3. The third-order valence-electron chi connectivity index (χ3n) is 1.66. The van der Waals surface area contributed by atoms with Crippen LogP contribution in [0.5, 0.6) is 0 Å². The van der Waals surface area contributed by atoms with Gasteiger partial charge in [0.25, 0.3) is 0 Å². The molecule has 59 valence electrons. The molecule has 1 radical (unpaired) electrons. The van der Waals surface area contributed by atoms with E-state index in [1.807, 2.05) is 0 Å². The van der Waals surface area contributed by atoms with E-state index < -0.39 is 0 Å². The quantitative estimate of drug-likeness (QED) is 0.648. The maximum absolute atomic E-state index is 5.46. The smallest absolute Gasteiger partial charge is 0.0503 e. The molecule has 0 N–H and O–H groups in total. The SMILES string of the molecule is Cc1ccc(CC[CH]Cl)cc1. The zero-order valence-corrected chi connectivity index (χ0v) is 7.43. The lowest BCUT2D eigenvalue weighted by Crippen LogP contribution is -1.83. The molecule has 0 unspecified atom stereocenters.